The minimum atomic E-state index is -0.195. The van der Waals surface area contributed by atoms with E-state index in [1.807, 2.05) is 57.2 Å². The highest BCUT2D eigenvalue weighted by molar-refractivity contribution is 8.17. The van der Waals surface area contributed by atoms with E-state index < -0.39 is 0 Å². The molecule has 0 fully saturated rings. The second-order valence-corrected chi connectivity index (χ2v) is 11.4. The van der Waals surface area contributed by atoms with Crippen molar-refractivity contribution in [3.05, 3.63) is 103 Å². The number of Topliss-reactive ketones (excluding diaryl/α,β-unsaturated/α-hetero) is 1. The van der Waals surface area contributed by atoms with Crippen LogP contribution in [-0.2, 0) is 29.0 Å². The topological polar surface area (TPSA) is 43.4 Å². The summed E-state index contributed by atoms with van der Waals surface area (Å²) in [4.78, 5) is 25.2. The fourth-order valence-corrected chi connectivity index (χ4v) is 4.91. The Morgan fingerprint density at radius 1 is 0.892 bits per heavy atom. The fourth-order valence-electron chi connectivity index (χ4n) is 3.96. The highest BCUT2D eigenvalue weighted by atomic mass is 35.5. The number of benzene rings is 3. The molecule has 0 unspecified atom stereocenters. The van der Waals surface area contributed by atoms with Crippen molar-refractivity contribution in [2.75, 3.05) is 0 Å². The van der Waals surface area contributed by atoms with Crippen molar-refractivity contribution in [1.82, 2.24) is 0 Å². The Bertz CT molecular complexity index is 1320. The number of carbonyl (C=O) groups excluding carboxylic acids is 2. The zero-order valence-corrected chi connectivity index (χ0v) is 24.1. The lowest BCUT2D eigenvalue weighted by molar-refractivity contribution is -0.117. The number of thioether (sulfide) groups is 1. The molecule has 0 bridgehead atoms. The van der Waals surface area contributed by atoms with Crippen molar-refractivity contribution in [2.45, 2.75) is 61.0 Å². The van der Waals surface area contributed by atoms with Gasteiger partial charge in [-0.2, -0.15) is 0 Å². The Balaban J connectivity index is 1.93. The number of halogens is 1. The predicted octanol–water partition coefficient (Wildman–Crippen LogP) is 8.48. The molecular weight excluding hydrogens is 500 g/mol. The lowest BCUT2D eigenvalue weighted by Crippen LogP contribution is -2.09. The van der Waals surface area contributed by atoms with Crippen LogP contribution in [0.2, 0.25) is 5.02 Å². The lowest BCUT2D eigenvalue weighted by atomic mass is 9.97. The van der Waals surface area contributed by atoms with Gasteiger partial charge < -0.3 is 4.74 Å². The van der Waals surface area contributed by atoms with Gasteiger partial charge in [0.2, 0.25) is 0 Å². The van der Waals surface area contributed by atoms with Crippen LogP contribution < -0.4 is 4.74 Å². The van der Waals surface area contributed by atoms with Crippen LogP contribution >= 0.6 is 23.4 Å². The van der Waals surface area contributed by atoms with E-state index in [1.165, 1.54) is 23.6 Å². The third-order valence-corrected chi connectivity index (χ3v) is 7.55. The monoisotopic (exact) mass is 534 g/mol. The summed E-state index contributed by atoms with van der Waals surface area (Å²) in [7, 11) is 0. The minimum absolute atomic E-state index is 0.0328. The van der Waals surface area contributed by atoms with Crippen LogP contribution in [0.1, 0.15) is 59.7 Å². The summed E-state index contributed by atoms with van der Waals surface area (Å²) in [6, 6.07) is 18.4. The highest BCUT2D eigenvalue weighted by Crippen LogP contribution is 2.29. The Morgan fingerprint density at radius 3 is 2.24 bits per heavy atom. The smallest absolute Gasteiger partial charge is 0.190 e. The number of ketones is 1. The number of carbonyl (C=O) groups is 2. The molecule has 3 aromatic carbocycles. The summed E-state index contributed by atoms with van der Waals surface area (Å²) in [6.07, 6.45) is 3.42. The quantitative estimate of drug-likeness (QED) is 0.245. The average molecular weight is 535 g/mol. The molecule has 194 valence electrons. The first-order valence-corrected chi connectivity index (χ1v) is 13.7. The molecule has 0 saturated carbocycles. The summed E-state index contributed by atoms with van der Waals surface area (Å²) in [5.74, 6) is 0.544. The van der Waals surface area contributed by atoms with Crippen LogP contribution in [0.15, 0.2) is 59.5 Å². The zero-order valence-electron chi connectivity index (χ0n) is 22.5. The Morgan fingerprint density at radius 2 is 1.59 bits per heavy atom. The summed E-state index contributed by atoms with van der Waals surface area (Å²) >= 11 is 7.21. The van der Waals surface area contributed by atoms with Gasteiger partial charge in [0.05, 0.1) is 4.91 Å². The Labute approximate surface area is 230 Å². The number of allylic oxidation sites excluding steroid dienone is 1. The lowest BCUT2D eigenvalue weighted by Gasteiger charge is -2.14. The van der Waals surface area contributed by atoms with Gasteiger partial charge in [-0.1, -0.05) is 61.8 Å². The summed E-state index contributed by atoms with van der Waals surface area (Å²) in [5, 5.41) is 0.652. The fraction of sp³-hybridized carbons (Fsp3) is 0.312. The maximum Gasteiger partial charge on any atom is 0.190 e. The molecule has 0 aromatic heterocycles. The van der Waals surface area contributed by atoms with Crippen LogP contribution in [0.5, 0.6) is 5.75 Å². The average Bonchev–Trinajstić information content (AvgIpc) is 2.85. The summed E-state index contributed by atoms with van der Waals surface area (Å²) < 4.78 is 6.16. The Hall–Kier alpha value is -2.82. The summed E-state index contributed by atoms with van der Waals surface area (Å²) in [6.45, 7) is 11.9. The second-order valence-electron chi connectivity index (χ2n) is 9.77. The zero-order chi connectivity index (χ0) is 27.1. The van der Waals surface area contributed by atoms with Gasteiger partial charge >= 0.3 is 0 Å². The molecule has 0 amide bonds. The van der Waals surface area contributed by atoms with Gasteiger partial charge in [0.25, 0.3) is 0 Å². The van der Waals surface area contributed by atoms with E-state index in [-0.39, 0.29) is 16.8 Å². The Kier molecular flexibility index (Phi) is 10.2. The van der Waals surface area contributed by atoms with Crippen LogP contribution in [0.25, 0.3) is 6.08 Å². The van der Waals surface area contributed by atoms with E-state index in [9.17, 15) is 9.59 Å². The van der Waals surface area contributed by atoms with Gasteiger partial charge in [0.1, 0.15) is 12.4 Å². The van der Waals surface area contributed by atoms with Crippen LogP contribution in [-0.4, -0.2) is 10.9 Å². The van der Waals surface area contributed by atoms with E-state index in [0.29, 0.717) is 11.5 Å². The van der Waals surface area contributed by atoms with Crippen LogP contribution in [0, 0.1) is 26.7 Å². The third kappa shape index (κ3) is 8.34. The van der Waals surface area contributed by atoms with E-state index in [4.69, 9.17) is 16.3 Å². The molecule has 0 aliphatic carbocycles. The van der Waals surface area contributed by atoms with Gasteiger partial charge in [0, 0.05) is 17.9 Å². The first kappa shape index (κ1) is 28.7. The van der Waals surface area contributed by atoms with Gasteiger partial charge in [-0.3, -0.25) is 9.59 Å². The number of hydrogen-bond acceptors (Lipinski definition) is 4. The molecule has 0 heterocycles. The van der Waals surface area contributed by atoms with E-state index in [0.717, 1.165) is 57.6 Å². The third-order valence-electron chi connectivity index (χ3n) is 6.30. The van der Waals surface area contributed by atoms with Crippen molar-refractivity contribution >= 4 is 40.3 Å². The first-order chi connectivity index (χ1) is 17.5. The van der Waals surface area contributed by atoms with Crippen molar-refractivity contribution in [1.29, 1.82) is 0 Å². The van der Waals surface area contributed by atoms with Crippen molar-refractivity contribution < 1.29 is 14.3 Å². The molecule has 3 nitrogen and oxygen atoms in total. The van der Waals surface area contributed by atoms with Crippen molar-refractivity contribution in [2.24, 2.45) is 5.92 Å². The SMILES string of the molecule is CC(=O)S/C(=C\c1ccc(OCc2ccc(C)c(C)c2)cc1CCc1ccc(Cl)c(C)c1)C(=O)C(C)C. The standard InChI is InChI=1S/C32H35ClO3S/c1-20(2)32(35)31(37-24(6)34)18-28-12-13-29(36-19-26-8-7-21(3)22(4)15-26)17-27(28)11-9-25-10-14-30(33)23(5)16-25/h7-8,10,12-18,20H,9,11,19H2,1-6H3/b31-18-. The summed E-state index contributed by atoms with van der Waals surface area (Å²) in [5.41, 5.74) is 7.83. The molecule has 0 atom stereocenters. The largest absolute Gasteiger partial charge is 0.489 e. The van der Waals surface area contributed by atoms with Crippen LogP contribution in [0.3, 0.4) is 0 Å². The molecule has 3 rings (SSSR count). The highest BCUT2D eigenvalue weighted by Gasteiger charge is 2.17. The molecule has 37 heavy (non-hydrogen) atoms. The molecule has 5 heteroatoms. The van der Waals surface area contributed by atoms with E-state index in [1.54, 1.807) is 0 Å². The van der Waals surface area contributed by atoms with E-state index >= 15 is 0 Å². The molecular formula is C32H35ClO3S. The molecule has 0 spiro atoms. The van der Waals surface area contributed by atoms with Crippen molar-refractivity contribution in [3.63, 3.8) is 0 Å². The maximum atomic E-state index is 12.8. The molecule has 0 radical (unpaired) electrons. The maximum absolute atomic E-state index is 12.8. The normalized spacial score (nSPS) is 11.6. The molecule has 0 saturated heterocycles. The van der Waals surface area contributed by atoms with Gasteiger partial charge in [-0.05, 0) is 109 Å². The van der Waals surface area contributed by atoms with Gasteiger partial charge in [-0.25, -0.2) is 0 Å². The molecule has 0 aliphatic heterocycles. The van der Waals surface area contributed by atoms with Gasteiger partial charge in [0.15, 0.2) is 10.9 Å². The first-order valence-electron chi connectivity index (χ1n) is 12.5. The number of aryl methyl sites for hydroxylation is 5. The second kappa shape index (κ2) is 13.1. The van der Waals surface area contributed by atoms with Gasteiger partial charge in [-0.15, -0.1) is 0 Å². The predicted molar refractivity (Wildman–Crippen MR) is 156 cm³/mol. The number of rotatable bonds is 10. The number of hydrogen-bond donors (Lipinski definition) is 0. The molecule has 3 aromatic rings. The molecule has 0 N–H and O–H groups in total. The number of ether oxygens (including phenoxy) is 1. The van der Waals surface area contributed by atoms with Crippen LogP contribution in [0.4, 0.5) is 0 Å². The molecule has 0 aliphatic rings. The minimum Gasteiger partial charge on any atom is -0.489 e. The van der Waals surface area contributed by atoms with E-state index in [2.05, 4.69) is 38.1 Å². The van der Waals surface area contributed by atoms with Crippen molar-refractivity contribution in [3.8, 4) is 5.75 Å².